The van der Waals surface area contributed by atoms with E-state index in [2.05, 4.69) is 0 Å². The van der Waals surface area contributed by atoms with Crippen molar-refractivity contribution in [2.24, 2.45) is 0 Å². The number of nitrogens with zero attached hydrogens (tertiary/aromatic N) is 2. The third kappa shape index (κ3) is 2.77. The molecule has 0 spiro atoms. The Morgan fingerprint density at radius 2 is 2.00 bits per heavy atom. The van der Waals surface area contributed by atoms with E-state index in [-0.39, 0.29) is 17.1 Å². The predicted molar refractivity (Wildman–Crippen MR) is 60.3 cm³/mol. The Hall–Kier alpha value is -2.44. The Labute approximate surface area is 96.6 Å². The second-order valence-electron chi connectivity index (χ2n) is 3.20. The maximum Gasteiger partial charge on any atom is 0.311 e. The van der Waals surface area contributed by atoms with Gasteiger partial charge in [-0.3, -0.25) is 20.2 Å². The van der Waals surface area contributed by atoms with Crippen molar-refractivity contribution in [1.29, 1.82) is 0 Å². The molecular formula is C10H10N2O5. The molecule has 0 aliphatic rings. The van der Waals surface area contributed by atoms with Crippen molar-refractivity contribution in [2.75, 3.05) is 7.11 Å². The van der Waals surface area contributed by atoms with E-state index >= 15 is 0 Å². The molecule has 0 aromatic heterocycles. The normalized spacial score (nSPS) is 11.1. The van der Waals surface area contributed by atoms with Crippen molar-refractivity contribution >= 4 is 11.8 Å². The number of hydrogen-bond donors (Lipinski definition) is 0. The number of para-hydroxylation sites is 1. The van der Waals surface area contributed by atoms with Crippen molar-refractivity contribution in [2.45, 2.75) is 6.92 Å². The van der Waals surface area contributed by atoms with E-state index in [1.165, 1.54) is 38.3 Å². The van der Waals surface area contributed by atoms with Crippen LogP contribution < -0.4 is 4.74 Å². The molecule has 0 saturated heterocycles. The molecular weight excluding hydrogens is 228 g/mol. The lowest BCUT2D eigenvalue weighted by Gasteiger charge is -2.04. The lowest BCUT2D eigenvalue weighted by molar-refractivity contribution is -0.422. The number of allylic oxidation sites excluding steroid dienone is 1. The molecule has 0 unspecified atom stereocenters. The van der Waals surface area contributed by atoms with Crippen LogP contribution in [0.3, 0.4) is 0 Å². The summed E-state index contributed by atoms with van der Waals surface area (Å²) in [6, 6.07) is 4.23. The van der Waals surface area contributed by atoms with E-state index in [0.717, 1.165) is 0 Å². The zero-order chi connectivity index (χ0) is 13.0. The molecule has 7 heteroatoms. The first-order valence-electron chi connectivity index (χ1n) is 4.61. The summed E-state index contributed by atoms with van der Waals surface area (Å²) >= 11 is 0. The zero-order valence-corrected chi connectivity index (χ0v) is 9.25. The fraction of sp³-hybridized carbons (Fsp3) is 0.200. The average molecular weight is 238 g/mol. The van der Waals surface area contributed by atoms with E-state index < -0.39 is 9.85 Å². The highest BCUT2D eigenvalue weighted by molar-refractivity contribution is 5.65. The van der Waals surface area contributed by atoms with Crippen molar-refractivity contribution in [3.05, 3.63) is 49.7 Å². The van der Waals surface area contributed by atoms with Crippen LogP contribution in [-0.4, -0.2) is 17.0 Å². The van der Waals surface area contributed by atoms with Crippen LogP contribution in [-0.2, 0) is 0 Å². The highest BCUT2D eigenvalue weighted by Crippen LogP contribution is 2.31. The molecule has 0 amide bonds. The molecule has 0 heterocycles. The van der Waals surface area contributed by atoms with Gasteiger partial charge in [0.05, 0.1) is 17.0 Å². The number of rotatable bonds is 4. The number of nitro groups is 2. The highest BCUT2D eigenvalue weighted by atomic mass is 16.6. The van der Waals surface area contributed by atoms with Crippen molar-refractivity contribution in [3.63, 3.8) is 0 Å². The van der Waals surface area contributed by atoms with Gasteiger partial charge in [-0.2, -0.15) is 0 Å². The average Bonchev–Trinajstić information content (AvgIpc) is 2.28. The summed E-state index contributed by atoms with van der Waals surface area (Å²) in [5.41, 5.74) is -0.0444. The van der Waals surface area contributed by atoms with Gasteiger partial charge < -0.3 is 4.74 Å². The van der Waals surface area contributed by atoms with Gasteiger partial charge in [-0.05, 0) is 0 Å². The second kappa shape index (κ2) is 5.06. The second-order valence-corrected chi connectivity index (χ2v) is 3.20. The van der Waals surface area contributed by atoms with Crippen LogP contribution in [0.1, 0.15) is 12.5 Å². The van der Waals surface area contributed by atoms with E-state index in [1.54, 1.807) is 0 Å². The smallest absolute Gasteiger partial charge is 0.311 e. The molecule has 0 N–H and O–H groups in total. The molecule has 0 saturated carbocycles. The monoisotopic (exact) mass is 238 g/mol. The van der Waals surface area contributed by atoms with Crippen LogP contribution in [0.25, 0.3) is 6.08 Å². The fourth-order valence-corrected chi connectivity index (χ4v) is 1.30. The van der Waals surface area contributed by atoms with E-state index in [1.807, 2.05) is 0 Å². The SMILES string of the molecule is COc1c(/C=C(\C)[N+](=O)[O-])cccc1[N+](=O)[O-]. The van der Waals surface area contributed by atoms with Gasteiger partial charge in [0.2, 0.25) is 11.4 Å². The fourth-order valence-electron chi connectivity index (χ4n) is 1.30. The summed E-state index contributed by atoms with van der Waals surface area (Å²) in [6.07, 6.45) is 1.23. The van der Waals surface area contributed by atoms with Crippen molar-refractivity contribution < 1.29 is 14.6 Å². The molecule has 0 bridgehead atoms. The minimum Gasteiger partial charge on any atom is -0.490 e. The summed E-state index contributed by atoms with van der Waals surface area (Å²) in [7, 11) is 1.28. The molecule has 0 aliphatic heterocycles. The minimum absolute atomic E-state index is 0.0127. The number of nitro benzene ring substituents is 1. The van der Waals surface area contributed by atoms with Crippen LogP contribution in [0.5, 0.6) is 5.75 Å². The highest BCUT2D eigenvalue weighted by Gasteiger charge is 2.18. The number of methoxy groups -OCH3 is 1. The Bertz CT molecular complexity index is 495. The van der Waals surface area contributed by atoms with Gasteiger partial charge in [0.25, 0.3) is 0 Å². The Morgan fingerprint density at radius 3 is 2.47 bits per heavy atom. The molecule has 90 valence electrons. The van der Waals surface area contributed by atoms with Crippen LogP contribution in [0, 0.1) is 20.2 Å². The predicted octanol–water partition coefficient (Wildman–Crippen LogP) is 2.24. The molecule has 0 fully saturated rings. The minimum atomic E-state index is -0.600. The van der Waals surface area contributed by atoms with Gasteiger partial charge in [-0.15, -0.1) is 0 Å². The molecule has 0 aliphatic carbocycles. The Morgan fingerprint density at radius 1 is 1.35 bits per heavy atom. The standard InChI is InChI=1S/C10H10N2O5/c1-7(11(13)14)6-8-4-3-5-9(12(15)16)10(8)17-2/h3-6H,1-2H3/b7-6+. The summed E-state index contributed by atoms with van der Waals surface area (Å²) in [5, 5.41) is 21.2. The van der Waals surface area contributed by atoms with E-state index in [9.17, 15) is 20.2 Å². The van der Waals surface area contributed by atoms with E-state index in [0.29, 0.717) is 5.56 Å². The number of ether oxygens (including phenoxy) is 1. The number of hydrogen-bond acceptors (Lipinski definition) is 5. The first-order valence-corrected chi connectivity index (χ1v) is 4.61. The summed E-state index contributed by atoms with van der Waals surface area (Å²) in [6.45, 7) is 1.30. The van der Waals surface area contributed by atoms with Crippen molar-refractivity contribution in [1.82, 2.24) is 0 Å². The number of benzene rings is 1. The molecule has 0 atom stereocenters. The first kappa shape index (κ1) is 12.6. The molecule has 1 aromatic carbocycles. The maximum absolute atomic E-state index is 10.7. The van der Waals surface area contributed by atoms with Crippen LogP contribution in [0.4, 0.5) is 5.69 Å². The van der Waals surface area contributed by atoms with Crippen LogP contribution >= 0.6 is 0 Å². The molecule has 0 radical (unpaired) electrons. The van der Waals surface area contributed by atoms with Crippen LogP contribution in [0.2, 0.25) is 0 Å². The summed E-state index contributed by atoms with van der Waals surface area (Å²) in [4.78, 5) is 20.0. The van der Waals surface area contributed by atoms with Gasteiger partial charge in [0, 0.05) is 24.6 Å². The summed E-state index contributed by atoms with van der Waals surface area (Å²) in [5.74, 6) is 0.0127. The lowest BCUT2D eigenvalue weighted by Crippen LogP contribution is -1.97. The van der Waals surface area contributed by atoms with Crippen LogP contribution in [0.15, 0.2) is 23.9 Å². The molecule has 1 rings (SSSR count). The topological polar surface area (TPSA) is 95.5 Å². The molecule has 7 nitrogen and oxygen atoms in total. The largest absolute Gasteiger partial charge is 0.490 e. The van der Waals surface area contributed by atoms with Gasteiger partial charge in [-0.25, -0.2) is 0 Å². The molecule has 1 aromatic rings. The van der Waals surface area contributed by atoms with Gasteiger partial charge in [-0.1, -0.05) is 12.1 Å². The lowest BCUT2D eigenvalue weighted by atomic mass is 10.1. The zero-order valence-electron chi connectivity index (χ0n) is 9.25. The van der Waals surface area contributed by atoms with E-state index in [4.69, 9.17) is 4.74 Å². The Kier molecular flexibility index (Phi) is 3.76. The van der Waals surface area contributed by atoms with Gasteiger partial charge >= 0.3 is 5.69 Å². The third-order valence-corrected chi connectivity index (χ3v) is 2.08. The third-order valence-electron chi connectivity index (χ3n) is 2.08. The first-order chi connectivity index (χ1) is 7.97. The molecule has 17 heavy (non-hydrogen) atoms. The maximum atomic E-state index is 10.7. The van der Waals surface area contributed by atoms with Gasteiger partial charge in [0.1, 0.15) is 0 Å². The van der Waals surface area contributed by atoms with Gasteiger partial charge in [0.15, 0.2) is 0 Å². The summed E-state index contributed by atoms with van der Waals surface area (Å²) < 4.78 is 4.91. The quantitative estimate of drug-likeness (QED) is 0.592. The van der Waals surface area contributed by atoms with Crippen molar-refractivity contribution in [3.8, 4) is 5.75 Å². The Balaban J connectivity index is 3.35.